The van der Waals surface area contributed by atoms with Crippen LogP contribution < -0.4 is 5.32 Å². The lowest BCUT2D eigenvalue weighted by Crippen LogP contribution is -2.61. The van der Waals surface area contributed by atoms with Crippen LogP contribution in [0.4, 0.5) is 0 Å². The molecule has 0 spiro atoms. The first-order valence-corrected chi connectivity index (χ1v) is 15.2. The highest BCUT2D eigenvalue weighted by Crippen LogP contribution is 2.28. The van der Waals surface area contributed by atoms with Crippen molar-refractivity contribution >= 4 is 23.7 Å². The van der Waals surface area contributed by atoms with Crippen molar-refractivity contribution in [3.63, 3.8) is 0 Å². The van der Waals surface area contributed by atoms with Gasteiger partial charge in [0.2, 0.25) is 17.7 Å². The molecule has 0 aliphatic carbocycles. The topological polar surface area (TPSA) is 102 Å². The Morgan fingerprint density at radius 2 is 1.55 bits per heavy atom. The fraction of sp³-hybridized carbons (Fsp3) is 0.867. The van der Waals surface area contributed by atoms with Gasteiger partial charge in [0.1, 0.15) is 12.1 Å². The van der Waals surface area contributed by atoms with Gasteiger partial charge in [-0.25, -0.2) is 4.79 Å². The molecule has 3 amide bonds. The molecule has 3 heterocycles. The van der Waals surface area contributed by atoms with Crippen molar-refractivity contribution in [3.8, 4) is 0 Å². The molecule has 10 nitrogen and oxygen atoms in total. The van der Waals surface area contributed by atoms with E-state index in [2.05, 4.69) is 29.0 Å². The number of methoxy groups -OCH3 is 1. The minimum Gasteiger partial charge on any atom is -0.467 e. The Morgan fingerprint density at radius 3 is 2.15 bits per heavy atom. The maximum atomic E-state index is 14.0. The third-order valence-electron chi connectivity index (χ3n) is 9.17. The van der Waals surface area contributed by atoms with Crippen molar-refractivity contribution in [2.24, 2.45) is 11.3 Å². The molecule has 40 heavy (non-hydrogen) atoms. The summed E-state index contributed by atoms with van der Waals surface area (Å²) in [5, 5.41) is 3.12. The third kappa shape index (κ3) is 7.35. The monoisotopic (exact) mass is 563 g/mol. The van der Waals surface area contributed by atoms with Crippen LogP contribution in [0, 0.1) is 11.3 Å². The SMILES string of the molecule is COC(=O)[C@@H]1CCCN1C(=O)C1CCCN1C[C@H](C(C)C)N(C)C(=O)C(NC(=O)C1CCCCN1C)C(C)(C)C. The van der Waals surface area contributed by atoms with E-state index in [9.17, 15) is 19.2 Å². The van der Waals surface area contributed by atoms with Gasteiger partial charge in [0.25, 0.3) is 0 Å². The molecule has 0 saturated carbocycles. The highest BCUT2D eigenvalue weighted by molar-refractivity contribution is 5.91. The molecule has 3 unspecified atom stereocenters. The molecular formula is C30H53N5O5. The number of carbonyl (C=O) groups is 4. The largest absolute Gasteiger partial charge is 0.467 e. The second kappa shape index (κ2) is 13.6. The molecule has 0 aromatic carbocycles. The van der Waals surface area contributed by atoms with Gasteiger partial charge in [-0.3, -0.25) is 24.2 Å². The first kappa shape index (κ1) is 32.3. The number of nitrogens with one attached hydrogen (secondary N) is 1. The summed E-state index contributed by atoms with van der Waals surface area (Å²) in [6, 6.07) is -1.84. The van der Waals surface area contributed by atoms with Gasteiger partial charge in [-0.1, -0.05) is 41.0 Å². The summed E-state index contributed by atoms with van der Waals surface area (Å²) in [5.41, 5.74) is -0.472. The van der Waals surface area contributed by atoms with Gasteiger partial charge in [0, 0.05) is 26.2 Å². The molecule has 3 aliphatic heterocycles. The van der Waals surface area contributed by atoms with Crippen molar-refractivity contribution in [1.82, 2.24) is 24.9 Å². The van der Waals surface area contributed by atoms with Crippen LogP contribution in [-0.4, -0.2) is 121 Å². The lowest BCUT2D eigenvalue weighted by atomic mass is 9.84. The minimum atomic E-state index is -0.664. The van der Waals surface area contributed by atoms with Gasteiger partial charge in [0.15, 0.2) is 0 Å². The number of hydrogen-bond acceptors (Lipinski definition) is 7. The summed E-state index contributed by atoms with van der Waals surface area (Å²) >= 11 is 0. The Labute approximate surface area is 241 Å². The Kier molecular flexibility index (Phi) is 11.0. The average Bonchev–Trinajstić information content (AvgIpc) is 3.58. The molecule has 3 saturated heterocycles. The molecule has 0 bridgehead atoms. The second-order valence-corrected chi connectivity index (χ2v) is 13.4. The molecule has 228 valence electrons. The summed E-state index contributed by atoms with van der Waals surface area (Å²) in [6.07, 6.45) is 5.96. The molecule has 3 fully saturated rings. The summed E-state index contributed by atoms with van der Waals surface area (Å²) in [6.45, 7) is 12.9. The average molecular weight is 564 g/mol. The number of likely N-dealkylation sites (tertiary alicyclic amines) is 3. The standard InChI is InChI=1S/C30H53N5O5/c1-20(2)24(19-34-17-11-14-22(34)27(37)35-18-12-15-23(35)29(39)40-8)33(7)28(38)25(30(3,4)5)31-26(36)21-13-9-10-16-32(21)6/h20-25H,9-19H2,1-8H3,(H,31,36)/t21?,22?,23-,24+,25?/m0/s1. The Bertz CT molecular complexity index is 919. The Morgan fingerprint density at radius 1 is 0.925 bits per heavy atom. The number of carbonyl (C=O) groups excluding carboxylic acids is 4. The minimum absolute atomic E-state index is 0.0154. The van der Waals surface area contributed by atoms with E-state index in [-0.39, 0.29) is 47.7 Å². The van der Waals surface area contributed by atoms with E-state index in [1.165, 1.54) is 7.11 Å². The number of hydrogen-bond donors (Lipinski definition) is 1. The van der Waals surface area contributed by atoms with Crippen molar-refractivity contribution < 1.29 is 23.9 Å². The molecule has 10 heteroatoms. The van der Waals surface area contributed by atoms with E-state index in [0.717, 1.165) is 51.6 Å². The van der Waals surface area contributed by atoms with Crippen LogP contribution in [0.2, 0.25) is 0 Å². The fourth-order valence-corrected chi connectivity index (χ4v) is 6.61. The summed E-state index contributed by atoms with van der Waals surface area (Å²) < 4.78 is 4.96. The molecular weight excluding hydrogens is 510 g/mol. The number of amides is 3. The van der Waals surface area contributed by atoms with Crippen molar-refractivity contribution in [2.45, 2.75) is 110 Å². The molecule has 0 aromatic rings. The third-order valence-corrected chi connectivity index (χ3v) is 9.17. The van der Waals surface area contributed by atoms with Crippen LogP contribution in [0.5, 0.6) is 0 Å². The fourth-order valence-electron chi connectivity index (χ4n) is 6.61. The summed E-state index contributed by atoms with van der Waals surface area (Å²) in [5.74, 6) is -0.416. The maximum absolute atomic E-state index is 14.0. The van der Waals surface area contributed by atoms with Gasteiger partial charge < -0.3 is 19.9 Å². The van der Waals surface area contributed by atoms with Gasteiger partial charge in [-0.2, -0.15) is 0 Å². The predicted molar refractivity (Wildman–Crippen MR) is 154 cm³/mol. The maximum Gasteiger partial charge on any atom is 0.328 e. The Hall–Kier alpha value is -2.20. The number of esters is 1. The van der Waals surface area contributed by atoms with Crippen LogP contribution in [0.1, 0.15) is 79.6 Å². The van der Waals surface area contributed by atoms with E-state index in [0.29, 0.717) is 19.5 Å². The van der Waals surface area contributed by atoms with Crippen molar-refractivity contribution in [1.29, 1.82) is 0 Å². The van der Waals surface area contributed by atoms with E-state index in [4.69, 9.17) is 4.74 Å². The lowest BCUT2D eigenvalue weighted by molar-refractivity contribution is -0.152. The number of nitrogens with zero attached hydrogens (tertiary/aromatic N) is 4. The molecule has 0 aromatic heterocycles. The zero-order valence-electron chi connectivity index (χ0n) is 26.1. The van der Waals surface area contributed by atoms with Crippen LogP contribution in [0.15, 0.2) is 0 Å². The zero-order chi connectivity index (χ0) is 29.8. The normalized spacial score (nSPS) is 26.0. The smallest absolute Gasteiger partial charge is 0.328 e. The number of piperidine rings is 1. The van der Waals surface area contributed by atoms with E-state index >= 15 is 0 Å². The van der Waals surface area contributed by atoms with Crippen LogP contribution in [0.3, 0.4) is 0 Å². The lowest BCUT2D eigenvalue weighted by Gasteiger charge is -2.41. The second-order valence-electron chi connectivity index (χ2n) is 13.4. The quantitative estimate of drug-likeness (QED) is 0.429. The number of rotatable bonds is 9. The summed E-state index contributed by atoms with van der Waals surface area (Å²) in [7, 11) is 5.17. The van der Waals surface area contributed by atoms with Crippen molar-refractivity contribution in [2.75, 3.05) is 47.4 Å². The molecule has 3 rings (SSSR count). The van der Waals surface area contributed by atoms with Crippen LogP contribution in [-0.2, 0) is 23.9 Å². The molecule has 5 atom stereocenters. The zero-order valence-corrected chi connectivity index (χ0v) is 26.1. The van der Waals surface area contributed by atoms with Crippen molar-refractivity contribution in [3.05, 3.63) is 0 Å². The Balaban J connectivity index is 1.74. The van der Waals surface area contributed by atoms with Crippen LogP contribution >= 0.6 is 0 Å². The van der Waals surface area contributed by atoms with Gasteiger partial charge in [0.05, 0.1) is 19.2 Å². The molecule has 0 radical (unpaired) electrons. The number of likely N-dealkylation sites (N-methyl/N-ethyl adjacent to an activating group) is 2. The first-order chi connectivity index (χ1) is 18.8. The van der Waals surface area contributed by atoms with E-state index < -0.39 is 17.5 Å². The van der Waals surface area contributed by atoms with Gasteiger partial charge in [-0.05, 0) is 70.0 Å². The molecule has 1 N–H and O–H groups in total. The number of ether oxygens (including phenoxy) is 1. The highest BCUT2D eigenvalue weighted by Gasteiger charge is 2.43. The van der Waals surface area contributed by atoms with E-state index in [1.807, 2.05) is 34.9 Å². The molecule has 3 aliphatic rings. The first-order valence-electron chi connectivity index (χ1n) is 15.2. The predicted octanol–water partition coefficient (Wildman–Crippen LogP) is 2.11. The van der Waals surface area contributed by atoms with E-state index in [1.54, 1.807) is 9.80 Å². The highest BCUT2D eigenvalue weighted by atomic mass is 16.5. The van der Waals surface area contributed by atoms with Crippen LogP contribution in [0.25, 0.3) is 0 Å². The van der Waals surface area contributed by atoms with Gasteiger partial charge >= 0.3 is 5.97 Å². The van der Waals surface area contributed by atoms with Gasteiger partial charge in [-0.15, -0.1) is 0 Å². The summed E-state index contributed by atoms with van der Waals surface area (Å²) in [4.78, 5) is 61.0.